The van der Waals surface area contributed by atoms with Crippen LogP contribution < -0.4 is 10.1 Å². The number of likely N-dealkylation sites (tertiary alicyclic amines) is 1. The normalized spacial score (nSPS) is 17.5. The monoisotopic (exact) mass is 753 g/mol. The summed E-state index contributed by atoms with van der Waals surface area (Å²) in [5.41, 5.74) is 3.20. The molecule has 0 spiro atoms. The fourth-order valence-electron chi connectivity index (χ4n) is 6.67. The van der Waals surface area contributed by atoms with Gasteiger partial charge < -0.3 is 14.5 Å². The van der Waals surface area contributed by atoms with Gasteiger partial charge in [0.05, 0.1) is 50.2 Å². The van der Waals surface area contributed by atoms with Crippen LogP contribution in [-0.2, 0) is 17.7 Å². The third-order valence-corrected chi connectivity index (χ3v) is 11.2. The molecule has 2 heterocycles. The summed E-state index contributed by atoms with van der Waals surface area (Å²) in [6.45, 7) is 6.33. The first-order chi connectivity index (χ1) is 24.3. The Hall–Kier alpha value is -3.96. The first-order valence-corrected chi connectivity index (χ1v) is 18.2. The van der Waals surface area contributed by atoms with Crippen LogP contribution in [0, 0.1) is 17.5 Å². The number of methoxy groups -OCH3 is 1. The van der Waals surface area contributed by atoms with E-state index in [1.807, 2.05) is 30.5 Å². The van der Waals surface area contributed by atoms with Crippen molar-refractivity contribution in [2.75, 3.05) is 27.2 Å². The second-order valence-electron chi connectivity index (χ2n) is 13.7. The smallest absolute Gasteiger partial charge is 0.251 e. The Kier molecular flexibility index (Phi) is 10.8. The number of nitrogens with zero attached hydrogens (tertiary/aromatic N) is 3. The van der Waals surface area contributed by atoms with Crippen molar-refractivity contribution in [3.05, 3.63) is 141 Å². The highest BCUT2D eigenvalue weighted by Crippen LogP contribution is 2.40. The van der Waals surface area contributed by atoms with E-state index in [0.717, 1.165) is 29.8 Å². The van der Waals surface area contributed by atoms with Crippen molar-refractivity contribution in [1.29, 1.82) is 0 Å². The first kappa shape index (κ1) is 36.8. The van der Waals surface area contributed by atoms with E-state index < -0.39 is 17.1 Å². The minimum absolute atomic E-state index is 0.0993. The zero-order valence-corrected chi connectivity index (χ0v) is 31.0. The highest BCUT2D eigenvalue weighted by molar-refractivity contribution is 7.98. The van der Waals surface area contributed by atoms with Crippen LogP contribution in [0.2, 0.25) is 10.0 Å². The summed E-state index contributed by atoms with van der Waals surface area (Å²) < 4.78 is 51.1. The van der Waals surface area contributed by atoms with E-state index in [9.17, 15) is 13.6 Å². The number of hydrogen-bond donors (Lipinski definition) is 1. The van der Waals surface area contributed by atoms with Gasteiger partial charge in [-0.1, -0.05) is 67.0 Å². The molecule has 5 aromatic rings. The second-order valence-corrected chi connectivity index (χ2v) is 15.4. The van der Waals surface area contributed by atoms with Crippen molar-refractivity contribution in [2.45, 2.75) is 49.2 Å². The molecule has 1 aliphatic heterocycles. The zero-order chi connectivity index (χ0) is 36.5. The van der Waals surface area contributed by atoms with Crippen LogP contribution in [0.15, 0.2) is 90.2 Å². The number of rotatable bonds is 11. The maximum Gasteiger partial charge on any atom is 0.251 e. The quantitative estimate of drug-likeness (QED) is 0.108. The van der Waals surface area contributed by atoms with E-state index in [1.54, 1.807) is 43.6 Å². The minimum atomic E-state index is -0.605. The molecule has 1 N–H and O–H groups in total. The zero-order valence-electron chi connectivity index (χ0n) is 28.7. The van der Waals surface area contributed by atoms with Crippen LogP contribution >= 0.6 is 35.0 Å². The Morgan fingerprint density at radius 3 is 2.35 bits per heavy atom. The number of benzene rings is 4. The van der Waals surface area contributed by atoms with E-state index in [1.165, 1.54) is 48.2 Å². The number of thioether (sulfide) groups is 1. The summed E-state index contributed by atoms with van der Waals surface area (Å²) in [5, 5.41) is 4.21. The molecule has 4 aromatic carbocycles. The molecule has 1 unspecified atom stereocenters. The van der Waals surface area contributed by atoms with Gasteiger partial charge in [-0.05, 0) is 66.2 Å². The molecule has 1 fully saturated rings. The number of amides is 1. The van der Waals surface area contributed by atoms with E-state index in [0.29, 0.717) is 39.2 Å². The van der Waals surface area contributed by atoms with Crippen molar-refractivity contribution < 1.29 is 27.2 Å². The summed E-state index contributed by atoms with van der Waals surface area (Å²) in [7, 11) is 3.67. The standard InChI is InChI=1S/C39H37Cl2F3N4O2S/c1-39(2,26-7-14-32(40)35(19-26)50-4)36-20-45-38(47(36)30-12-10-28(43)11-13-30)51-23-31-33(41)17-25(18-34(31)44)37(49)46-29-15-16-48(3,22-29)21-24-5-8-27(42)9-6-24/h5-14,17-20,29H,15-16,21-23H2,1-4H3/p+1/t29-,48?/m0/s1. The van der Waals surface area contributed by atoms with Crippen molar-refractivity contribution in [1.82, 2.24) is 14.9 Å². The molecule has 51 heavy (non-hydrogen) atoms. The topological polar surface area (TPSA) is 56.1 Å². The molecule has 1 amide bonds. The van der Waals surface area contributed by atoms with Gasteiger partial charge in [0, 0.05) is 45.0 Å². The lowest BCUT2D eigenvalue weighted by atomic mass is 9.81. The number of likely N-dealkylation sites (N-methyl/N-ethyl adjacent to an activating group) is 1. The van der Waals surface area contributed by atoms with Crippen LogP contribution in [-0.4, -0.2) is 53.2 Å². The molecule has 6 rings (SSSR count). The van der Waals surface area contributed by atoms with Crippen LogP contribution in [0.4, 0.5) is 13.2 Å². The SMILES string of the molecule is COc1cc(C(C)(C)c2cnc(SCc3c(F)cc(C(=O)N[C@H]4CC[N+](C)(Cc5ccc(F)cc5)C4)cc3Cl)n2-c2ccc(F)cc2)ccc1Cl. The number of nitrogens with one attached hydrogen (secondary N) is 1. The van der Waals surface area contributed by atoms with Crippen LogP contribution in [0.1, 0.15) is 53.0 Å². The fourth-order valence-corrected chi connectivity index (χ4v) is 8.24. The molecule has 12 heteroatoms. The van der Waals surface area contributed by atoms with Gasteiger partial charge in [-0.15, -0.1) is 0 Å². The average Bonchev–Trinajstić information content (AvgIpc) is 3.69. The molecule has 2 atom stereocenters. The van der Waals surface area contributed by atoms with Gasteiger partial charge in [-0.3, -0.25) is 9.36 Å². The summed E-state index contributed by atoms with van der Waals surface area (Å²) >= 11 is 14.2. The van der Waals surface area contributed by atoms with Crippen molar-refractivity contribution >= 4 is 40.9 Å². The highest BCUT2D eigenvalue weighted by atomic mass is 35.5. The number of carbonyl (C=O) groups is 1. The average molecular weight is 755 g/mol. The summed E-state index contributed by atoms with van der Waals surface area (Å²) in [6, 6.07) is 20.7. The Morgan fingerprint density at radius 1 is 1.00 bits per heavy atom. The van der Waals surface area contributed by atoms with Gasteiger partial charge in [0.1, 0.15) is 29.7 Å². The molecule has 1 aromatic heterocycles. The minimum Gasteiger partial charge on any atom is -0.495 e. The number of ether oxygens (including phenoxy) is 1. The molecular weight excluding hydrogens is 716 g/mol. The maximum absolute atomic E-state index is 15.7. The largest absolute Gasteiger partial charge is 0.495 e. The van der Waals surface area contributed by atoms with Gasteiger partial charge >= 0.3 is 0 Å². The number of carbonyl (C=O) groups excluding carboxylic acids is 1. The van der Waals surface area contributed by atoms with Gasteiger partial charge in [0.2, 0.25) is 0 Å². The predicted octanol–water partition coefficient (Wildman–Crippen LogP) is 9.37. The van der Waals surface area contributed by atoms with E-state index in [-0.39, 0.29) is 39.6 Å². The van der Waals surface area contributed by atoms with Crippen LogP contribution in [0.3, 0.4) is 0 Å². The lowest BCUT2D eigenvalue weighted by molar-refractivity contribution is -0.911. The number of imidazole rings is 1. The molecule has 0 aliphatic carbocycles. The van der Waals surface area contributed by atoms with E-state index in [4.69, 9.17) is 32.9 Å². The van der Waals surface area contributed by atoms with Crippen LogP contribution in [0.5, 0.6) is 5.75 Å². The number of halogens is 5. The Labute approximate surface area is 310 Å². The predicted molar refractivity (Wildman–Crippen MR) is 197 cm³/mol. The summed E-state index contributed by atoms with van der Waals surface area (Å²) in [4.78, 5) is 18.0. The maximum atomic E-state index is 15.7. The van der Waals surface area contributed by atoms with E-state index >= 15 is 4.39 Å². The van der Waals surface area contributed by atoms with Gasteiger partial charge in [-0.25, -0.2) is 18.2 Å². The molecule has 0 bridgehead atoms. The number of aromatic nitrogens is 2. The fraction of sp³-hybridized carbons (Fsp3) is 0.282. The summed E-state index contributed by atoms with van der Waals surface area (Å²) in [5.74, 6) is -0.980. The number of quaternary nitrogens is 1. The Bertz CT molecular complexity index is 2030. The summed E-state index contributed by atoms with van der Waals surface area (Å²) in [6.07, 6.45) is 2.52. The number of hydrogen-bond acceptors (Lipinski definition) is 4. The Balaban J connectivity index is 1.19. The van der Waals surface area contributed by atoms with Crippen LogP contribution in [0.25, 0.3) is 5.69 Å². The third kappa shape index (κ3) is 8.09. The first-order valence-electron chi connectivity index (χ1n) is 16.4. The third-order valence-electron chi connectivity index (χ3n) is 9.57. The van der Waals surface area contributed by atoms with Crippen molar-refractivity contribution in [3.63, 3.8) is 0 Å². The van der Waals surface area contributed by atoms with Crippen molar-refractivity contribution in [3.8, 4) is 11.4 Å². The lowest BCUT2D eigenvalue weighted by Gasteiger charge is -2.30. The van der Waals surface area contributed by atoms with E-state index in [2.05, 4.69) is 12.4 Å². The van der Waals surface area contributed by atoms with Gasteiger partial charge in [0.15, 0.2) is 5.16 Å². The lowest BCUT2D eigenvalue weighted by Crippen LogP contribution is -2.45. The van der Waals surface area contributed by atoms with Crippen molar-refractivity contribution in [2.24, 2.45) is 0 Å². The molecule has 1 aliphatic rings. The van der Waals surface area contributed by atoms with Gasteiger partial charge in [0.25, 0.3) is 5.91 Å². The highest BCUT2D eigenvalue weighted by Gasteiger charge is 2.36. The molecule has 266 valence electrons. The molecular formula is C39H38Cl2F3N4O2S+. The Morgan fingerprint density at radius 2 is 1.69 bits per heavy atom. The second kappa shape index (κ2) is 14.9. The molecule has 0 radical (unpaired) electrons. The van der Waals surface area contributed by atoms with Gasteiger partial charge in [-0.2, -0.15) is 0 Å². The molecule has 0 saturated carbocycles. The molecule has 6 nitrogen and oxygen atoms in total. The molecule has 1 saturated heterocycles.